The molecule has 1 saturated carbocycles. The standard InChI is InChI=1S/C14H13BrN2O/c15-10-1-2-11-9(7-10)3-4-14(11)8-12(14)13(18)17-6-5-16/h1-2,7,12H,3-4,6,8H2,(H,17,18)/t12-,14+/m1/s1. The first-order valence-electron chi connectivity index (χ1n) is 6.11. The highest BCUT2D eigenvalue weighted by Gasteiger charge is 2.61. The molecule has 0 heterocycles. The van der Waals surface area contributed by atoms with Crippen molar-refractivity contribution in [3.05, 3.63) is 33.8 Å². The SMILES string of the molecule is N#CCNC(=O)[C@H]1C[C@]12CCc1cc(Br)ccc12. The molecule has 0 aliphatic heterocycles. The Morgan fingerprint density at radius 2 is 2.44 bits per heavy atom. The third kappa shape index (κ3) is 1.65. The number of nitrogens with one attached hydrogen (secondary N) is 1. The lowest BCUT2D eigenvalue weighted by atomic mass is 9.95. The van der Waals surface area contributed by atoms with Crippen molar-refractivity contribution < 1.29 is 4.79 Å². The first-order chi connectivity index (χ1) is 8.67. The summed E-state index contributed by atoms with van der Waals surface area (Å²) in [7, 11) is 0. The maximum absolute atomic E-state index is 11.9. The van der Waals surface area contributed by atoms with E-state index in [0.717, 1.165) is 23.7 Å². The molecule has 1 N–H and O–H groups in total. The zero-order valence-electron chi connectivity index (χ0n) is 9.87. The summed E-state index contributed by atoms with van der Waals surface area (Å²) in [6.45, 7) is 0.110. The molecule has 4 heteroatoms. The molecule has 1 fully saturated rings. The Morgan fingerprint density at radius 3 is 3.22 bits per heavy atom. The Bertz CT molecular complexity index is 563. The second-order valence-corrected chi connectivity index (χ2v) is 6.01. The maximum atomic E-state index is 11.9. The van der Waals surface area contributed by atoms with Gasteiger partial charge in [0.15, 0.2) is 0 Å². The highest BCUT2D eigenvalue weighted by molar-refractivity contribution is 9.10. The van der Waals surface area contributed by atoms with Crippen LogP contribution < -0.4 is 5.32 Å². The zero-order valence-corrected chi connectivity index (χ0v) is 11.5. The minimum Gasteiger partial charge on any atom is -0.343 e. The molecule has 1 aromatic rings. The number of amides is 1. The van der Waals surface area contributed by atoms with Crippen LogP contribution in [0.5, 0.6) is 0 Å². The molecule has 18 heavy (non-hydrogen) atoms. The number of benzene rings is 1. The van der Waals surface area contributed by atoms with E-state index in [1.165, 1.54) is 11.1 Å². The maximum Gasteiger partial charge on any atom is 0.224 e. The average molecular weight is 305 g/mol. The molecule has 1 spiro atoms. The molecule has 1 amide bonds. The molecule has 2 atom stereocenters. The molecule has 2 aliphatic carbocycles. The Kier molecular flexibility index (Phi) is 2.67. The quantitative estimate of drug-likeness (QED) is 0.852. The highest BCUT2D eigenvalue weighted by Crippen LogP contribution is 2.61. The number of fused-ring (bicyclic) bond motifs is 2. The monoisotopic (exact) mass is 304 g/mol. The van der Waals surface area contributed by atoms with Gasteiger partial charge < -0.3 is 5.32 Å². The predicted octanol–water partition coefficient (Wildman–Crippen LogP) is 2.29. The van der Waals surface area contributed by atoms with E-state index in [0.29, 0.717) is 0 Å². The van der Waals surface area contributed by atoms with Crippen LogP contribution in [0.4, 0.5) is 0 Å². The summed E-state index contributed by atoms with van der Waals surface area (Å²) >= 11 is 3.49. The molecule has 92 valence electrons. The van der Waals surface area contributed by atoms with E-state index < -0.39 is 0 Å². The molecule has 1 aromatic carbocycles. The van der Waals surface area contributed by atoms with Crippen LogP contribution in [0.3, 0.4) is 0 Å². The Labute approximate surface area is 114 Å². The van der Waals surface area contributed by atoms with Gasteiger partial charge >= 0.3 is 0 Å². The predicted molar refractivity (Wildman–Crippen MR) is 70.9 cm³/mol. The van der Waals surface area contributed by atoms with Crippen LogP contribution in [0.2, 0.25) is 0 Å². The fourth-order valence-corrected chi connectivity index (χ4v) is 3.63. The number of halogens is 1. The van der Waals surface area contributed by atoms with E-state index in [1.807, 2.05) is 6.07 Å². The van der Waals surface area contributed by atoms with Gasteiger partial charge in [-0.3, -0.25) is 4.79 Å². The summed E-state index contributed by atoms with van der Waals surface area (Å²) in [5, 5.41) is 11.2. The minimum atomic E-state index is 0.0346. The third-order valence-electron chi connectivity index (χ3n) is 4.18. The molecule has 0 unspecified atom stereocenters. The number of carbonyl (C=O) groups excluding carboxylic acids is 1. The molecule has 0 saturated heterocycles. The molecule has 0 radical (unpaired) electrons. The van der Waals surface area contributed by atoms with Crippen molar-refractivity contribution in [3.63, 3.8) is 0 Å². The fraction of sp³-hybridized carbons (Fsp3) is 0.429. The van der Waals surface area contributed by atoms with Gasteiger partial charge in [-0.2, -0.15) is 5.26 Å². The first-order valence-corrected chi connectivity index (χ1v) is 6.90. The molecule has 3 nitrogen and oxygen atoms in total. The largest absolute Gasteiger partial charge is 0.343 e. The molecule has 2 aliphatic rings. The van der Waals surface area contributed by atoms with Gasteiger partial charge in [-0.15, -0.1) is 0 Å². The van der Waals surface area contributed by atoms with Crippen molar-refractivity contribution in [3.8, 4) is 6.07 Å². The van der Waals surface area contributed by atoms with Crippen molar-refractivity contribution in [2.45, 2.75) is 24.7 Å². The van der Waals surface area contributed by atoms with Gasteiger partial charge in [0.25, 0.3) is 0 Å². The minimum absolute atomic E-state index is 0.0346. The van der Waals surface area contributed by atoms with Gasteiger partial charge in [-0.25, -0.2) is 0 Å². The molecule has 3 rings (SSSR count). The van der Waals surface area contributed by atoms with Crippen LogP contribution in [0, 0.1) is 17.2 Å². The van der Waals surface area contributed by atoms with Crippen LogP contribution in [-0.4, -0.2) is 12.5 Å². The second-order valence-electron chi connectivity index (χ2n) is 5.09. The number of aryl methyl sites for hydroxylation is 1. The van der Waals surface area contributed by atoms with Crippen LogP contribution in [-0.2, 0) is 16.6 Å². The second kappa shape index (κ2) is 4.10. The van der Waals surface area contributed by atoms with Gasteiger partial charge in [0.2, 0.25) is 5.91 Å². The van der Waals surface area contributed by atoms with Crippen LogP contribution in [0.25, 0.3) is 0 Å². The Morgan fingerprint density at radius 1 is 1.61 bits per heavy atom. The van der Waals surface area contributed by atoms with Gasteiger partial charge in [0.1, 0.15) is 6.54 Å². The van der Waals surface area contributed by atoms with Gasteiger partial charge in [0, 0.05) is 15.8 Å². The van der Waals surface area contributed by atoms with Crippen molar-refractivity contribution in [1.82, 2.24) is 5.32 Å². The lowest BCUT2D eigenvalue weighted by Crippen LogP contribution is -2.28. The number of carbonyl (C=O) groups is 1. The van der Waals surface area contributed by atoms with Gasteiger partial charge in [0.05, 0.1) is 6.07 Å². The molecular formula is C14H13BrN2O. The number of nitriles is 1. The van der Waals surface area contributed by atoms with E-state index in [9.17, 15) is 4.79 Å². The number of hydrogen-bond donors (Lipinski definition) is 1. The van der Waals surface area contributed by atoms with Gasteiger partial charge in [-0.05, 0) is 42.5 Å². The highest BCUT2D eigenvalue weighted by atomic mass is 79.9. The molecule has 0 bridgehead atoms. The van der Waals surface area contributed by atoms with Crippen LogP contribution >= 0.6 is 15.9 Å². The third-order valence-corrected chi connectivity index (χ3v) is 4.67. The summed E-state index contributed by atoms with van der Waals surface area (Å²) in [5.41, 5.74) is 2.76. The zero-order chi connectivity index (χ0) is 12.8. The van der Waals surface area contributed by atoms with Gasteiger partial charge in [-0.1, -0.05) is 22.0 Å². The molecular weight excluding hydrogens is 292 g/mol. The van der Waals surface area contributed by atoms with Crippen LogP contribution in [0.15, 0.2) is 22.7 Å². The lowest BCUT2D eigenvalue weighted by Gasteiger charge is -2.11. The van der Waals surface area contributed by atoms with E-state index in [1.54, 1.807) is 0 Å². The summed E-state index contributed by atoms with van der Waals surface area (Å²) in [6, 6.07) is 8.30. The van der Waals surface area contributed by atoms with Crippen molar-refractivity contribution in [2.75, 3.05) is 6.54 Å². The first kappa shape index (κ1) is 11.7. The number of rotatable bonds is 2. The van der Waals surface area contributed by atoms with Crippen LogP contribution in [0.1, 0.15) is 24.0 Å². The van der Waals surface area contributed by atoms with E-state index in [2.05, 4.69) is 39.4 Å². The smallest absolute Gasteiger partial charge is 0.224 e. The summed E-state index contributed by atoms with van der Waals surface area (Å²) < 4.78 is 1.10. The fourth-order valence-electron chi connectivity index (χ4n) is 3.22. The van der Waals surface area contributed by atoms with E-state index >= 15 is 0 Å². The lowest BCUT2D eigenvalue weighted by molar-refractivity contribution is -0.122. The van der Waals surface area contributed by atoms with Crippen molar-refractivity contribution in [2.24, 2.45) is 5.92 Å². The topological polar surface area (TPSA) is 52.9 Å². The number of hydrogen-bond acceptors (Lipinski definition) is 2. The van der Waals surface area contributed by atoms with E-state index in [4.69, 9.17) is 5.26 Å². The summed E-state index contributed by atoms with van der Waals surface area (Å²) in [5.74, 6) is 0.0978. The average Bonchev–Trinajstić information content (AvgIpc) is 2.98. The summed E-state index contributed by atoms with van der Waals surface area (Å²) in [4.78, 5) is 11.9. The van der Waals surface area contributed by atoms with E-state index in [-0.39, 0.29) is 23.8 Å². The van der Waals surface area contributed by atoms with Crippen molar-refractivity contribution >= 4 is 21.8 Å². The normalized spacial score (nSPS) is 27.7. The van der Waals surface area contributed by atoms with Crippen molar-refractivity contribution in [1.29, 1.82) is 5.26 Å². The number of nitrogens with zero attached hydrogens (tertiary/aromatic N) is 1. The Hall–Kier alpha value is -1.34. The summed E-state index contributed by atoms with van der Waals surface area (Å²) in [6.07, 6.45) is 3.04. The Balaban J connectivity index is 1.82. The molecule has 0 aromatic heterocycles.